The first kappa shape index (κ1) is 21.5. The maximum Gasteiger partial charge on any atom is 0.270 e. The van der Waals surface area contributed by atoms with E-state index < -0.39 is 0 Å². The van der Waals surface area contributed by atoms with Crippen LogP contribution >= 0.6 is 0 Å². The zero-order valence-corrected chi connectivity index (χ0v) is 18.8. The molecule has 0 aliphatic carbocycles. The third-order valence-electron chi connectivity index (χ3n) is 6.53. The third kappa shape index (κ3) is 4.88. The largest absolute Gasteiger partial charge is 0.368 e. The maximum absolute atomic E-state index is 12.6. The Labute approximate surface area is 194 Å². The molecule has 2 N–H and O–H groups in total. The number of hydrogen-bond acceptors (Lipinski definition) is 6. The number of benzene rings is 1. The van der Waals surface area contributed by atoms with Gasteiger partial charge in [0, 0.05) is 36.6 Å². The number of rotatable bonds is 6. The standard InChI is InChI=1S/C26H30N6O/c33-26-23-21(12-14-28-26)25(31-24(30-23)20-11-8-13-27-17-20)29-18-22(19-9-4-3-5-10-19)32-15-6-1-2-7-16-32/h3-5,8-11,13,17,22H,1-2,6-7,12,14-16,18H2,(H,28,33)(H,29,30,31). The van der Waals surface area contributed by atoms with Crippen LogP contribution in [0.15, 0.2) is 54.9 Å². The number of hydrogen-bond donors (Lipinski definition) is 2. The van der Waals surface area contributed by atoms with E-state index in [0.717, 1.165) is 43.0 Å². The molecule has 1 atom stereocenters. The number of anilines is 1. The highest BCUT2D eigenvalue weighted by Gasteiger charge is 2.26. The molecule has 0 spiro atoms. The van der Waals surface area contributed by atoms with E-state index >= 15 is 0 Å². The molecule has 7 nitrogen and oxygen atoms in total. The van der Waals surface area contributed by atoms with Crippen LogP contribution in [0.3, 0.4) is 0 Å². The summed E-state index contributed by atoms with van der Waals surface area (Å²) in [5, 5.41) is 6.54. The Bertz CT molecular complexity index is 1080. The van der Waals surface area contributed by atoms with Crippen molar-refractivity contribution >= 4 is 11.7 Å². The average Bonchev–Trinajstić information content (AvgIpc) is 3.15. The van der Waals surface area contributed by atoms with Crippen molar-refractivity contribution in [3.63, 3.8) is 0 Å². The maximum atomic E-state index is 12.6. The van der Waals surface area contributed by atoms with Gasteiger partial charge in [0.1, 0.15) is 11.5 Å². The van der Waals surface area contributed by atoms with E-state index in [9.17, 15) is 4.79 Å². The van der Waals surface area contributed by atoms with Gasteiger partial charge >= 0.3 is 0 Å². The number of carbonyl (C=O) groups excluding carboxylic acids is 1. The van der Waals surface area contributed by atoms with Crippen LogP contribution in [-0.2, 0) is 6.42 Å². The van der Waals surface area contributed by atoms with Gasteiger partial charge in [0.15, 0.2) is 5.82 Å². The van der Waals surface area contributed by atoms with Crippen LogP contribution in [0, 0.1) is 0 Å². The van der Waals surface area contributed by atoms with Crippen molar-refractivity contribution in [2.24, 2.45) is 0 Å². The van der Waals surface area contributed by atoms with Crippen LogP contribution in [0.5, 0.6) is 0 Å². The fourth-order valence-corrected chi connectivity index (χ4v) is 4.80. The fraction of sp³-hybridized carbons (Fsp3) is 0.385. The van der Waals surface area contributed by atoms with E-state index in [1.807, 2.05) is 12.1 Å². The lowest BCUT2D eigenvalue weighted by Gasteiger charge is -2.32. The Balaban J connectivity index is 1.47. The topological polar surface area (TPSA) is 83.0 Å². The lowest BCUT2D eigenvalue weighted by molar-refractivity contribution is 0.0940. The van der Waals surface area contributed by atoms with Crippen LogP contribution in [0.2, 0.25) is 0 Å². The Kier molecular flexibility index (Phi) is 6.58. The van der Waals surface area contributed by atoms with Crippen molar-refractivity contribution in [1.29, 1.82) is 0 Å². The summed E-state index contributed by atoms with van der Waals surface area (Å²) in [7, 11) is 0. The molecule has 2 aliphatic rings. The molecule has 1 amide bonds. The lowest BCUT2D eigenvalue weighted by Crippen LogP contribution is -2.36. The van der Waals surface area contributed by atoms with Gasteiger partial charge < -0.3 is 10.6 Å². The molecule has 0 saturated carbocycles. The highest BCUT2D eigenvalue weighted by atomic mass is 16.1. The Morgan fingerprint density at radius 2 is 1.82 bits per heavy atom. The molecule has 1 unspecified atom stereocenters. The van der Waals surface area contributed by atoms with Gasteiger partial charge in [-0.3, -0.25) is 14.7 Å². The minimum Gasteiger partial charge on any atom is -0.368 e. The summed E-state index contributed by atoms with van der Waals surface area (Å²) in [4.78, 5) is 28.9. The second-order valence-corrected chi connectivity index (χ2v) is 8.73. The van der Waals surface area contributed by atoms with Crippen molar-refractivity contribution in [3.05, 3.63) is 71.7 Å². The van der Waals surface area contributed by atoms with Gasteiger partial charge in [-0.1, -0.05) is 43.2 Å². The second-order valence-electron chi connectivity index (χ2n) is 8.73. The first-order valence-electron chi connectivity index (χ1n) is 11.9. The summed E-state index contributed by atoms with van der Waals surface area (Å²) < 4.78 is 0. The van der Waals surface area contributed by atoms with Crippen molar-refractivity contribution in [2.75, 3.05) is 31.5 Å². The normalized spacial score (nSPS) is 17.5. The highest BCUT2D eigenvalue weighted by molar-refractivity contribution is 5.96. The number of amides is 1. The highest BCUT2D eigenvalue weighted by Crippen LogP contribution is 2.28. The molecular formula is C26H30N6O. The molecule has 5 rings (SSSR count). The van der Waals surface area contributed by atoms with Gasteiger partial charge in [-0.05, 0) is 50.0 Å². The molecule has 2 aliphatic heterocycles. The zero-order chi connectivity index (χ0) is 22.5. The monoisotopic (exact) mass is 442 g/mol. The van der Waals surface area contributed by atoms with E-state index in [-0.39, 0.29) is 11.9 Å². The molecule has 1 aromatic carbocycles. The predicted molar refractivity (Wildman–Crippen MR) is 129 cm³/mol. The van der Waals surface area contributed by atoms with Crippen LogP contribution in [0.1, 0.15) is 53.3 Å². The minimum atomic E-state index is -0.140. The van der Waals surface area contributed by atoms with Crippen molar-refractivity contribution < 1.29 is 4.79 Å². The number of carbonyl (C=O) groups is 1. The Morgan fingerprint density at radius 1 is 1.00 bits per heavy atom. The van der Waals surface area contributed by atoms with E-state index in [2.05, 4.69) is 55.8 Å². The fourth-order valence-electron chi connectivity index (χ4n) is 4.80. The molecule has 0 bridgehead atoms. The zero-order valence-electron chi connectivity index (χ0n) is 18.8. The lowest BCUT2D eigenvalue weighted by atomic mass is 10.0. The number of likely N-dealkylation sites (tertiary alicyclic amines) is 1. The van der Waals surface area contributed by atoms with Crippen LogP contribution < -0.4 is 10.6 Å². The summed E-state index contributed by atoms with van der Waals surface area (Å²) in [6.45, 7) is 3.53. The molecule has 7 heteroatoms. The van der Waals surface area contributed by atoms with Gasteiger partial charge in [0.2, 0.25) is 0 Å². The number of nitrogens with one attached hydrogen (secondary N) is 2. The van der Waals surface area contributed by atoms with E-state index in [4.69, 9.17) is 4.98 Å². The molecule has 0 radical (unpaired) electrons. The Hall–Kier alpha value is -3.32. The first-order valence-corrected chi connectivity index (χ1v) is 11.9. The minimum absolute atomic E-state index is 0.140. The van der Waals surface area contributed by atoms with Gasteiger partial charge in [-0.15, -0.1) is 0 Å². The van der Waals surface area contributed by atoms with Crippen LogP contribution in [0.4, 0.5) is 5.82 Å². The van der Waals surface area contributed by atoms with Gasteiger partial charge in [0.05, 0.1) is 6.04 Å². The summed E-state index contributed by atoms with van der Waals surface area (Å²) in [5.41, 5.74) is 3.46. The van der Waals surface area contributed by atoms with E-state index in [1.165, 1.54) is 31.2 Å². The third-order valence-corrected chi connectivity index (χ3v) is 6.53. The number of fused-ring (bicyclic) bond motifs is 1. The molecule has 3 aromatic rings. The summed E-state index contributed by atoms with van der Waals surface area (Å²) in [5.74, 6) is 1.14. The summed E-state index contributed by atoms with van der Waals surface area (Å²) >= 11 is 0. The number of pyridine rings is 1. The second kappa shape index (κ2) is 10.1. The smallest absolute Gasteiger partial charge is 0.270 e. The van der Waals surface area contributed by atoms with Gasteiger partial charge in [-0.2, -0.15) is 0 Å². The molecule has 4 heterocycles. The van der Waals surface area contributed by atoms with Gasteiger partial charge in [-0.25, -0.2) is 9.97 Å². The molecule has 1 fully saturated rings. The summed E-state index contributed by atoms with van der Waals surface area (Å²) in [6.07, 6.45) is 9.24. The van der Waals surface area contributed by atoms with E-state index in [0.29, 0.717) is 18.1 Å². The molecule has 1 saturated heterocycles. The van der Waals surface area contributed by atoms with Gasteiger partial charge in [0.25, 0.3) is 5.91 Å². The van der Waals surface area contributed by atoms with Crippen LogP contribution in [-0.4, -0.2) is 51.9 Å². The van der Waals surface area contributed by atoms with Crippen molar-refractivity contribution in [2.45, 2.75) is 38.1 Å². The first-order chi connectivity index (χ1) is 16.3. The molecule has 170 valence electrons. The molecular weight excluding hydrogens is 412 g/mol. The average molecular weight is 443 g/mol. The number of aromatic nitrogens is 3. The van der Waals surface area contributed by atoms with Crippen molar-refractivity contribution in [3.8, 4) is 11.4 Å². The molecule has 33 heavy (non-hydrogen) atoms. The molecule has 2 aromatic heterocycles. The predicted octanol–water partition coefficient (Wildman–Crippen LogP) is 3.85. The quantitative estimate of drug-likeness (QED) is 0.603. The number of nitrogens with zero attached hydrogens (tertiary/aromatic N) is 4. The Morgan fingerprint density at radius 3 is 2.58 bits per heavy atom. The summed E-state index contributed by atoms with van der Waals surface area (Å²) in [6, 6.07) is 14.7. The van der Waals surface area contributed by atoms with Crippen LogP contribution in [0.25, 0.3) is 11.4 Å². The SMILES string of the molecule is O=C1NCCc2c(NCC(c3ccccc3)N3CCCCCC3)nc(-c3cccnc3)nc21. The van der Waals surface area contributed by atoms with E-state index in [1.54, 1.807) is 12.4 Å². The van der Waals surface area contributed by atoms with Crippen molar-refractivity contribution in [1.82, 2.24) is 25.2 Å².